The van der Waals surface area contributed by atoms with Crippen molar-refractivity contribution in [2.45, 2.75) is 19.8 Å². The average Bonchev–Trinajstić information content (AvgIpc) is 2.58. The lowest BCUT2D eigenvalue weighted by atomic mass is 9.99. The van der Waals surface area contributed by atoms with Crippen LogP contribution in [-0.4, -0.2) is 4.98 Å². The average molecular weight is 344 g/mol. The molecule has 0 saturated heterocycles. The normalized spacial score (nSPS) is 12.7. The van der Waals surface area contributed by atoms with Crippen LogP contribution in [0.4, 0.5) is 5.13 Å². The van der Waals surface area contributed by atoms with Gasteiger partial charge < -0.3 is 5.73 Å². The first kappa shape index (κ1) is 11.9. The van der Waals surface area contributed by atoms with Crippen molar-refractivity contribution in [2.75, 3.05) is 5.73 Å². The Bertz CT molecular complexity index is 507. The maximum atomic E-state index is 5.74. The fourth-order valence-corrected chi connectivity index (χ4v) is 3.56. The van der Waals surface area contributed by atoms with Crippen molar-refractivity contribution >= 4 is 39.1 Å². The lowest BCUT2D eigenvalue weighted by Gasteiger charge is -2.12. The largest absolute Gasteiger partial charge is 0.375 e. The van der Waals surface area contributed by atoms with Gasteiger partial charge in [-0.05, 0) is 41.1 Å². The van der Waals surface area contributed by atoms with E-state index in [0.29, 0.717) is 11.0 Å². The van der Waals surface area contributed by atoms with Crippen LogP contribution in [0.15, 0.2) is 24.3 Å². The molecular weight excluding hydrogens is 331 g/mol. The van der Waals surface area contributed by atoms with Gasteiger partial charge >= 0.3 is 0 Å². The number of hydrogen-bond acceptors (Lipinski definition) is 3. The molecule has 0 bridgehead atoms. The number of aromatic nitrogens is 1. The van der Waals surface area contributed by atoms with E-state index in [2.05, 4.69) is 58.8 Å². The Labute approximate surface area is 113 Å². The highest BCUT2D eigenvalue weighted by Gasteiger charge is 2.16. The third-order valence-corrected chi connectivity index (χ3v) is 4.77. The Hall–Kier alpha value is -0.620. The van der Waals surface area contributed by atoms with Gasteiger partial charge in [0.2, 0.25) is 0 Å². The van der Waals surface area contributed by atoms with Crippen molar-refractivity contribution in [1.82, 2.24) is 4.98 Å². The second-order valence-corrected chi connectivity index (χ2v) is 5.97. The molecule has 1 aromatic heterocycles. The smallest absolute Gasteiger partial charge is 0.180 e. The molecule has 0 aliphatic carbocycles. The van der Waals surface area contributed by atoms with Crippen LogP contribution in [0, 0.1) is 10.5 Å². The van der Waals surface area contributed by atoms with E-state index in [9.17, 15) is 0 Å². The molecule has 1 atom stereocenters. The van der Waals surface area contributed by atoms with Crippen LogP contribution in [0.25, 0.3) is 0 Å². The molecule has 2 nitrogen and oxygen atoms in total. The number of benzene rings is 1. The van der Waals surface area contributed by atoms with Crippen LogP contribution in [-0.2, 0) is 0 Å². The summed E-state index contributed by atoms with van der Waals surface area (Å²) < 4.78 is 1.29. The molecule has 84 valence electrons. The number of anilines is 1. The standard InChI is InChI=1S/C12H13IN2S/c1-7(9-5-3-4-6-10(9)13)11-8(2)15-12(14)16-11/h3-7H,1-2H3,(H2,14,15). The molecule has 0 amide bonds. The molecule has 2 rings (SSSR count). The Balaban J connectivity index is 2.43. The number of nitrogens with zero attached hydrogens (tertiary/aromatic N) is 1. The molecule has 0 fully saturated rings. The van der Waals surface area contributed by atoms with Crippen LogP contribution in [0.5, 0.6) is 0 Å². The van der Waals surface area contributed by atoms with Gasteiger partial charge in [0.25, 0.3) is 0 Å². The summed E-state index contributed by atoms with van der Waals surface area (Å²) in [4.78, 5) is 5.55. The maximum Gasteiger partial charge on any atom is 0.180 e. The summed E-state index contributed by atoms with van der Waals surface area (Å²) in [6, 6.07) is 8.44. The van der Waals surface area contributed by atoms with Crippen LogP contribution in [0.1, 0.15) is 29.0 Å². The fraction of sp³-hybridized carbons (Fsp3) is 0.250. The van der Waals surface area contributed by atoms with E-state index < -0.39 is 0 Å². The van der Waals surface area contributed by atoms with Crippen LogP contribution >= 0.6 is 33.9 Å². The maximum absolute atomic E-state index is 5.74. The monoisotopic (exact) mass is 344 g/mol. The van der Waals surface area contributed by atoms with Crippen molar-refractivity contribution in [3.63, 3.8) is 0 Å². The van der Waals surface area contributed by atoms with Crippen molar-refractivity contribution < 1.29 is 0 Å². The van der Waals surface area contributed by atoms with Gasteiger partial charge in [0, 0.05) is 14.4 Å². The number of thiazole rings is 1. The predicted octanol–water partition coefficient (Wildman–Crippen LogP) is 3.79. The van der Waals surface area contributed by atoms with E-state index in [-0.39, 0.29) is 0 Å². The number of halogens is 1. The van der Waals surface area contributed by atoms with Gasteiger partial charge in [-0.25, -0.2) is 4.98 Å². The third-order valence-electron chi connectivity index (χ3n) is 2.61. The third kappa shape index (κ3) is 2.22. The number of aryl methyl sites for hydroxylation is 1. The van der Waals surface area contributed by atoms with Gasteiger partial charge in [-0.2, -0.15) is 0 Å². The second kappa shape index (κ2) is 4.71. The molecule has 2 aromatic rings. The van der Waals surface area contributed by atoms with Crippen molar-refractivity contribution in [3.05, 3.63) is 44.0 Å². The lowest BCUT2D eigenvalue weighted by molar-refractivity contribution is 0.920. The highest BCUT2D eigenvalue weighted by Crippen LogP contribution is 2.34. The molecule has 0 spiro atoms. The summed E-state index contributed by atoms with van der Waals surface area (Å²) in [5, 5.41) is 0.658. The summed E-state index contributed by atoms with van der Waals surface area (Å²) >= 11 is 3.96. The van der Waals surface area contributed by atoms with E-state index in [0.717, 1.165) is 5.69 Å². The van der Waals surface area contributed by atoms with Gasteiger partial charge in [0.05, 0.1) is 5.69 Å². The molecule has 0 radical (unpaired) electrons. The Morgan fingerprint density at radius 3 is 2.62 bits per heavy atom. The van der Waals surface area contributed by atoms with Gasteiger partial charge in [-0.1, -0.05) is 25.1 Å². The minimum atomic E-state index is 0.364. The quantitative estimate of drug-likeness (QED) is 0.842. The molecule has 0 aliphatic heterocycles. The Morgan fingerprint density at radius 2 is 2.06 bits per heavy atom. The zero-order valence-electron chi connectivity index (χ0n) is 9.20. The summed E-state index contributed by atoms with van der Waals surface area (Å²) in [6.07, 6.45) is 0. The van der Waals surface area contributed by atoms with Gasteiger partial charge in [0.1, 0.15) is 0 Å². The first-order chi connectivity index (χ1) is 7.59. The number of rotatable bonds is 2. The lowest BCUT2D eigenvalue weighted by Crippen LogP contribution is -1.98. The summed E-state index contributed by atoms with van der Waals surface area (Å²) in [5.41, 5.74) is 8.13. The zero-order valence-corrected chi connectivity index (χ0v) is 12.2. The molecule has 0 saturated carbocycles. The van der Waals surface area contributed by atoms with Crippen molar-refractivity contribution in [2.24, 2.45) is 0 Å². The van der Waals surface area contributed by atoms with Gasteiger partial charge in [-0.3, -0.25) is 0 Å². The number of hydrogen-bond donors (Lipinski definition) is 1. The zero-order chi connectivity index (χ0) is 11.7. The van der Waals surface area contributed by atoms with E-state index in [1.54, 1.807) is 11.3 Å². The molecular formula is C12H13IN2S. The molecule has 1 unspecified atom stereocenters. The molecule has 1 aromatic carbocycles. The van der Waals surface area contributed by atoms with E-state index in [4.69, 9.17) is 5.73 Å². The van der Waals surface area contributed by atoms with E-state index in [1.165, 1.54) is 14.0 Å². The van der Waals surface area contributed by atoms with Gasteiger partial charge in [-0.15, -0.1) is 11.3 Å². The molecule has 1 heterocycles. The van der Waals surface area contributed by atoms with Crippen LogP contribution in [0.3, 0.4) is 0 Å². The summed E-state index contributed by atoms with van der Waals surface area (Å²) in [6.45, 7) is 4.23. The second-order valence-electron chi connectivity index (χ2n) is 3.74. The minimum Gasteiger partial charge on any atom is -0.375 e. The molecule has 4 heteroatoms. The first-order valence-electron chi connectivity index (χ1n) is 5.07. The van der Waals surface area contributed by atoms with E-state index >= 15 is 0 Å². The summed E-state index contributed by atoms with van der Waals surface area (Å²) in [7, 11) is 0. The Morgan fingerprint density at radius 1 is 1.38 bits per heavy atom. The minimum absolute atomic E-state index is 0.364. The number of nitrogen functional groups attached to an aromatic ring is 1. The van der Waals surface area contributed by atoms with Crippen molar-refractivity contribution in [1.29, 1.82) is 0 Å². The van der Waals surface area contributed by atoms with Crippen molar-refractivity contribution in [3.8, 4) is 0 Å². The summed E-state index contributed by atoms with van der Waals surface area (Å²) in [5.74, 6) is 0.364. The fourth-order valence-electron chi connectivity index (χ4n) is 1.80. The van der Waals surface area contributed by atoms with E-state index in [1.807, 2.05) is 6.92 Å². The van der Waals surface area contributed by atoms with Crippen LogP contribution in [0.2, 0.25) is 0 Å². The molecule has 2 N–H and O–H groups in total. The molecule has 16 heavy (non-hydrogen) atoms. The SMILES string of the molecule is Cc1nc(N)sc1C(C)c1ccccc1I. The molecule has 0 aliphatic rings. The topological polar surface area (TPSA) is 38.9 Å². The van der Waals surface area contributed by atoms with Gasteiger partial charge in [0.15, 0.2) is 5.13 Å². The highest BCUT2D eigenvalue weighted by atomic mass is 127. The predicted molar refractivity (Wildman–Crippen MR) is 77.9 cm³/mol. The van der Waals surface area contributed by atoms with Crippen LogP contribution < -0.4 is 5.73 Å². The Kier molecular flexibility index (Phi) is 3.49. The highest BCUT2D eigenvalue weighted by molar-refractivity contribution is 14.1. The number of nitrogens with two attached hydrogens (primary N) is 1. The first-order valence-corrected chi connectivity index (χ1v) is 6.96.